The summed E-state index contributed by atoms with van der Waals surface area (Å²) in [7, 11) is 1.61. The number of cyclic esters (lactones) is 2. The zero-order valence-corrected chi connectivity index (χ0v) is 32.3. The summed E-state index contributed by atoms with van der Waals surface area (Å²) < 4.78 is 29.0. The van der Waals surface area contributed by atoms with Crippen LogP contribution in [-0.4, -0.2) is 47.3 Å². The van der Waals surface area contributed by atoms with Crippen molar-refractivity contribution in [3.63, 3.8) is 0 Å². The summed E-state index contributed by atoms with van der Waals surface area (Å²) in [6.07, 6.45) is 37.3. The van der Waals surface area contributed by atoms with Crippen molar-refractivity contribution in [1.82, 2.24) is 9.97 Å². The van der Waals surface area contributed by atoms with Crippen LogP contribution in [0.4, 0.5) is 0 Å². The maximum Gasteiger partial charge on any atom is 0.360 e. The third kappa shape index (κ3) is 13.0. The molecule has 0 unspecified atom stereocenters. The number of allylic oxidation sites excluding steroid dienone is 12. The number of aromatic nitrogens is 2. The van der Waals surface area contributed by atoms with Crippen molar-refractivity contribution in [3.05, 3.63) is 127 Å². The fraction of sp³-hybridized carbons (Fsp3) is 0.455. The molecule has 1 fully saturated rings. The molecule has 0 amide bonds. The van der Waals surface area contributed by atoms with E-state index in [2.05, 4.69) is 68.0 Å². The zero-order valence-electron chi connectivity index (χ0n) is 32.3. The van der Waals surface area contributed by atoms with Gasteiger partial charge in [0.2, 0.25) is 5.89 Å². The third-order valence-electron chi connectivity index (χ3n) is 9.65. The number of carbonyl (C=O) groups excluding carboxylic acids is 2. The first-order valence-corrected chi connectivity index (χ1v) is 18.5. The van der Waals surface area contributed by atoms with Gasteiger partial charge in [0.25, 0.3) is 0 Å². The van der Waals surface area contributed by atoms with Crippen molar-refractivity contribution in [1.29, 1.82) is 0 Å². The fourth-order valence-corrected chi connectivity index (χ4v) is 5.89. The average Bonchev–Trinajstić information content (AvgIpc) is 3.46. The Kier molecular flexibility index (Phi) is 15.4. The van der Waals surface area contributed by atoms with Crippen molar-refractivity contribution < 1.29 is 32.6 Å². The second-order valence-corrected chi connectivity index (χ2v) is 14.9. The summed E-state index contributed by atoms with van der Waals surface area (Å²) >= 11 is 0. The Labute approximate surface area is 315 Å². The number of hydrogen-bond donors (Lipinski definition) is 0. The number of carbonyl (C=O) groups is 2. The minimum atomic E-state index is -0.521. The molecule has 1 saturated carbocycles. The van der Waals surface area contributed by atoms with E-state index in [1.165, 1.54) is 12.5 Å². The first kappa shape index (κ1) is 41.0. The van der Waals surface area contributed by atoms with Crippen LogP contribution in [0.15, 0.2) is 113 Å². The predicted octanol–water partition coefficient (Wildman–Crippen LogP) is 10.2. The van der Waals surface area contributed by atoms with Gasteiger partial charge in [-0.1, -0.05) is 119 Å². The van der Waals surface area contributed by atoms with Crippen molar-refractivity contribution >= 4 is 18.0 Å². The lowest BCUT2D eigenvalue weighted by Crippen LogP contribution is -2.33. The average molecular weight is 725 g/mol. The maximum absolute atomic E-state index is 13.3. The lowest BCUT2D eigenvalue weighted by molar-refractivity contribution is -0.00688. The van der Waals surface area contributed by atoms with Crippen LogP contribution in [0.2, 0.25) is 0 Å². The molecule has 0 aromatic carbocycles. The number of hydrogen-bond acceptors (Lipinski definition) is 9. The first-order chi connectivity index (χ1) is 25.5. The number of fused-ring (bicyclic) bond motifs is 5. The van der Waals surface area contributed by atoms with Crippen molar-refractivity contribution in [3.8, 4) is 0 Å². The molecule has 0 radical (unpaired) electrons. The van der Waals surface area contributed by atoms with Gasteiger partial charge in [0.1, 0.15) is 24.7 Å². The summed E-state index contributed by atoms with van der Waals surface area (Å²) in [6.45, 7) is 12.4. The lowest BCUT2D eigenvalue weighted by Gasteiger charge is -2.32. The van der Waals surface area contributed by atoms with E-state index < -0.39 is 18.0 Å². The Morgan fingerprint density at radius 1 is 0.736 bits per heavy atom. The van der Waals surface area contributed by atoms with E-state index in [9.17, 15) is 9.59 Å². The Bertz CT molecular complexity index is 1730. The summed E-state index contributed by atoms with van der Waals surface area (Å²) in [4.78, 5) is 35.3. The van der Waals surface area contributed by atoms with E-state index in [0.29, 0.717) is 42.9 Å². The van der Waals surface area contributed by atoms with Gasteiger partial charge in [-0.2, -0.15) is 0 Å². The molecule has 9 heteroatoms. The SMILES string of the molecule is C/C=C/CC(C)(C)[C@@H]1C\C=C/C=C\C=C\[C@H](OC)Cc2nc(co2)C(=O)O[C@H](C(C)(C)C/C=C/C)C/C=C\[C@H]2C[C@H]2/C=C/C=C\c2nc(co2)C(=O)O1. The molecule has 2 aromatic rings. The predicted molar refractivity (Wildman–Crippen MR) is 208 cm³/mol. The van der Waals surface area contributed by atoms with E-state index in [-0.39, 0.29) is 34.4 Å². The lowest BCUT2D eigenvalue weighted by atomic mass is 9.81. The minimum absolute atomic E-state index is 0.132. The summed E-state index contributed by atoms with van der Waals surface area (Å²) in [6, 6.07) is 0. The Balaban J connectivity index is 1.55. The van der Waals surface area contributed by atoms with Crippen molar-refractivity contribution in [2.45, 2.75) is 98.4 Å². The molecule has 3 heterocycles. The van der Waals surface area contributed by atoms with E-state index in [4.69, 9.17) is 23.0 Å². The van der Waals surface area contributed by atoms with Gasteiger partial charge in [-0.15, -0.1) is 0 Å². The van der Waals surface area contributed by atoms with E-state index >= 15 is 0 Å². The second-order valence-electron chi connectivity index (χ2n) is 14.9. The van der Waals surface area contributed by atoms with E-state index in [0.717, 1.165) is 19.3 Å². The number of rotatable bonds is 7. The molecule has 284 valence electrons. The van der Waals surface area contributed by atoms with Gasteiger partial charge in [0.15, 0.2) is 17.3 Å². The third-order valence-corrected chi connectivity index (χ3v) is 9.65. The van der Waals surface area contributed by atoms with Gasteiger partial charge in [-0.25, -0.2) is 19.6 Å². The molecule has 4 bridgehead atoms. The van der Waals surface area contributed by atoms with Gasteiger partial charge >= 0.3 is 11.9 Å². The summed E-state index contributed by atoms with van der Waals surface area (Å²) in [5.41, 5.74) is -0.359. The Morgan fingerprint density at radius 2 is 1.32 bits per heavy atom. The monoisotopic (exact) mass is 724 g/mol. The molecule has 0 saturated heterocycles. The number of methoxy groups -OCH3 is 1. The van der Waals surface area contributed by atoms with Crippen LogP contribution in [-0.2, 0) is 20.6 Å². The Morgan fingerprint density at radius 3 is 1.98 bits per heavy atom. The van der Waals surface area contributed by atoms with Gasteiger partial charge in [0, 0.05) is 36.9 Å². The molecular formula is C44H56N2O7. The van der Waals surface area contributed by atoms with Crippen LogP contribution >= 0.6 is 0 Å². The van der Waals surface area contributed by atoms with Gasteiger partial charge in [0.05, 0.1) is 12.5 Å². The van der Waals surface area contributed by atoms with Crippen LogP contribution in [0.25, 0.3) is 6.08 Å². The van der Waals surface area contributed by atoms with Crippen LogP contribution in [0.1, 0.15) is 106 Å². The van der Waals surface area contributed by atoms with Crippen LogP contribution in [0.3, 0.4) is 0 Å². The molecule has 1 aliphatic heterocycles. The maximum atomic E-state index is 13.3. The van der Waals surface area contributed by atoms with Gasteiger partial charge < -0.3 is 23.0 Å². The standard InChI is InChI=1S/C44H56N2O7/c1-8-10-26-43(3,4)37-23-16-14-12-13-15-22-34(49-7)29-40-46-36(31-51-40)42(48)53-38(44(5,6)27-11-9-2)24-19-21-33-28-32(33)20-17-18-25-39-45-35(30-50-39)41(47)52-37/h8-22,25,30-34,37-38H,23-24,26-29H2,1-7H3/b10-8+,11-9+,13-12-,16-14-,20-17+,21-19-,22-15+,25-18-/t32-,33+,34+,37+,38+/m1/s1. The van der Waals surface area contributed by atoms with E-state index in [1.54, 1.807) is 13.2 Å². The number of oxazole rings is 2. The molecule has 9 nitrogen and oxygen atoms in total. The van der Waals surface area contributed by atoms with Crippen molar-refractivity contribution in [2.75, 3.05) is 7.11 Å². The molecule has 53 heavy (non-hydrogen) atoms. The highest BCUT2D eigenvalue weighted by Gasteiger charge is 2.35. The van der Waals surface area contributed by atoms with Crippen LogP contribution in [0.5, 0.6) is 0 Å². The highest BCUT2D eigenvalue weighted by Crippen LogP contribution is 2.41. The topological polar surface area (TPSA) is 114 Å². The number of ether oxygens (including phenoxy) is 3. The van der Waals surface area contributed by atoms with Crippen LogP contribution < -0.4 is 0 Å². The normalized spacial score (nSPS) is 27.6. The Hall–Kier alpha value is -4.76. The smallest absolute Gasteiger partial charge is 0.360 e. The minimum Gasteiger partial charge on any atom is -0.457 e. The van der Waals surface area contributed by atoms with Gasteiger partial charge in [-0.3, -0.25) is 0 Å². The zero-order chi connectivity index (χ0) is 38.3. The van der Waals surface area contributed by atoms with E-state index in [1.807, 2.05) is 74.6 Å². The van der Waals surface area contributed by atoms with Gasteiger partial charge in [-0.05, 0) is 44.9 Å². The highest BCUT2D eigenvalue weighted by molar-refractivity contribution is 5.87. The molecule has 2 aromatic heterocycles. The quantitative estimate of drug-likeness (QED) is 0.203. The summed E-state index contributed by atoms with van der Waals surface area (Å²) in [5.74, 6) is 0.504. The highest BCUT2D eigenvalue weighted by atomic mass is 16.6. The molecule has 5 atom stereocenters. The molecule has 0 N–H and O–H groups in total. The molecule has 0 spiro atoms. The largest absolute Gasteiger partial charge is 0.457 e. The van der Waals surface area contributed by atoms with Crippen molar-refractivity contribution in [2.24, 2.45) is 22.7 Å². The summed E-state index contributed by atoms with van der Waals surface area (Å²) in [5, 5.41) is 0. The molecule has 2 aliphatic rings. The number of nitrogens with zero attached hydrogens (tertiary/aromatic N) is 2. The molecule has 1 aliphatic carbocycles. The number of esters is 2. The fourth-order valence-electron chi connectivity index (χ4n) is 5.89. The molecular weight excluding hydrogens is 668 g/mol. The van der Waals surface area contributed by atoms with Crippen LogP contribution in [0, 0.1) is 22.7 Å². The first-order valence-electron chi connectivity index (χ1n) is 18.5. The molecule has 4 rings (SSSR count). The second kappa shape index (κ2) is 19.9.